The highest BCUT2D eigenvalue weighted by Gasteiger charge is 2.14. The fourth-order valence-electron chi connectivity index (χ4n) is 3.08. The van der Waals surface area contributed by atoms with E-state index >= 15 is 0 Å². The highest BCUT2D eigenvalue weighted by Crippen LogP contribution is 2.25. The Balaban J connectivity index is 1.53. The maximum Gasteiger partial charge on any atom is 0.125 e. The van der Waals surface area contributed by atoms with E-state index in [0.717, 1.165) is 44.7 Å². The van der Waals surface area contributed by atoms with Crippen LogP contribution >= 0.6 is 11.3 Å². The topological polar surface area (TPSA) is 34.1 Å². The second-order valence-electron chi connectivity index (χ2n) is 6.08. The Kier molecular flexibility index (Phi) is 4.79. The van der Waals surface area contributed by atoms with E-state index in [1.807, 2.05) is 11.3 Å². The molecule has 0 atom stereocenters. The van der Waals surface area contributed by atoms with Gasteiger partial charge in [-0.25, -0.2) is 4.98 Å². The molecule has 0 saturated carbocycles. The Morgan fingerprint density at radius 2 is 2.00 bits per heavy atom. The fraction of sp³-hybridized carbons (Fsp3) is 0.500. The molecule has 0 aliphatic carbocycles. The van der Waals surface area contributed by atoms with E-state index in [1.54, 1.807) is 0 Å². The van der Waals surface area contributed by atoms with E-state index in [0.29, 0.717) is 0 Å². The van der Waals surface area contributed by atoms with Crippen molar-refractivity contribution in [3.05, 3.63) is 44.4 Å². The Labute approximate surface area is 136 Å². The molecule has 1 N–H and O–H groups in total. The van der Waals surface area contributed by atoms with Crippen LogP contribution < -0.4 is 10.1 Å². The number of hydrogen-bond donors (Lipinski definition) is 1. The average molecular weight is 316 g/mol. The summed E-state index contributed by atoms with van der Waals surface area (Å²) in [6, 6.07) is 4.37. The van der Waals surface area contributed by atoms with Gasteiger partial charge in [0.05, 0.1) is 17.3 Å². The highest BCUT2D eigenvalue weighted by atomic mass is 32.1. The van der Waals surface area contributed by atoms with Crippen molar-refractivity contribution >= 4 is 11.3 Å². The Hall–Kier alpha value is -1.39. The molecule has 118 valence electrons. The first-order valence-corrected chi connectivity index (χ1v) is 8.84. The van der Waals surface area contributed by atoms with Gasteiger partial charge >= 0.3 is 0 Å². The number of nitrogens with zero attached hydrogens (tertiary/aromatic N) is 1. The van der Waals surface area contributed by atoms with Crippen molar-refractivity contribution in [3.8, 4) is 5.75 Å². The minimum absolute atomic E-state index is 0.757. The van der Waals surface area contributed by atoms with E-state index in [2.05, 4.69) is 38.2 Å². The van der Waals surface area contributed by atoms with Gasteiger partial charge in [-0.3, -0.25) is 0 Å². The molecule has 22 heavy (non-hydrogen) atoms. The van der Waals surface area contributed by atoms with Gasteiger partial charge in [0, 0.05) is 30.8 Å². The second-order valence-corrected chi connectivity index (χ2v) is 7.25. The van der Waals surface area contributed by atoms with Gasteiger partial charge in [0.2, 0.25) is 0 Å². The molecule has 3 rings (SSSR count). The molecule has 0 bridgehead atoms. The normalized spacial score (nSPS) is 14.0. The van der Waals surface area contributed by atoms with Crippen LogP contribution in [0.15, 0.2) is 12.1 Å². The van der Waals surface area contributed by atoms with Crippen molar-refractivity contribution < 1.29 is 4.74 Å². The molecule has 1 aliphatic heterocycles. The van der Waals surface area contributed by atoms with Crippen LogP contribution in [0.25, 0.3) is 0 Å². The van der Waals surface area contributed by atoms with Crippen molar-refractivity contribution in [2.45, 2.75) is 46.6 Å². The van der Waals surface area contributed by atoms with Crippen LogP contribution in [0.2, 0.25) is 0 Å². The molecule has 4 heteroatoms. The largest absolute Gasteiger partial charge is 0.493 e. The summed E-state index contributed by atoms with van der Waals surface area (Å²) in [6.45, 7) is 9.18. The Bertz CT molecular complexity index is 617. The van der Waals surface area contributed by atoms with Gasteiger partial charge < -0.3 is 10.1 Å². The molecule has 0 unspecified atom stereocenters. The molecule has 1 aromatic heterocycles. The summed E-state index contributed by atoms with van der Waals surface area (Å²) in [6.07, 6.45) is 3.11. The SMILES string of the molecule is Cc1cc(C)c(OCCCc2nc3c(s2)CNCC3)c(C)c1. The maximum atomic E-state index is 6.01. The summed E-state index contributed by atoms with van der Waals surface area (Å²) in [5.41, 5.74) is 5.07. The van der Waals surface area contributed by atoms with Gasteiger partial charge in [0.15, 0.2) is 0 Å². The van der Waals surface area contributed by atoms with Gasteiger partial charge in [-0.1, -0.05) is 17.7 Å². The molecular weight excluding hydrogens is 292 g/mol. The summed E-state index contributed by atoms with van der Waals surface area (Å²) in [7, 11) is 0. The van der Waals surface area contributed by atoms with Gasteiger partial charge in [-0.2, -0.15) is 0 Å². The second kappa shape index (κ2) is 6.80. The van der Waals surface area contributed by atoms with E-state index in [1.165, 1.54) is 32.3 Å². The number of ether oxygens (including phenoxy) is 1. The molecule has 0 fully saturated rings. The third-order valence-corrected chi connectivity index (χ3v) is 5.19. The molecule has 1 aromatic carbocycles. The third-order valence-electron chi connectivity index (χ3n) is 4.03. The maximum absolute atomic E-state index is 6.01. The van der Waals surface area contributed by atoms with Crippen LogP contribution in [0.5, 0.6) is 5.75 Å². The fourth-order valence-corrected chi connectivity index (χ4v) is 4.20. The van der Waals surface area contributed by atoms with E-state index in [9.17, 15) is 0 Å². The standard InChI is InChI=1S/C18H24N2OS/c1-12-9-13(2)18(14(3)10-12)21-8-4-5-17-20-15-6-7-19-11-16(15)22-17/h9-10,19H,4-8,11H2,1-3H3. The van der Waals surface area contributed by atoms with Gasteiger partial charge in [-0.05, 0) is 38.3 Å². The first kappa shape index (κ1) is 15.5. The lowest BCUT2D eigenvalue weighted by Crippen LogP contribution is -2.22. The molecule has 0 amide bonds. The van der Waals surface area contributed by atoms with Gasteiger partial charge in [0.1, 0.15) is 5.75 Å². The number of benzene rings is 1. The van der Waals surface area contributed by atoms with Crippen LogP contribution in [0.1, 0.15) is 38.7 Å². The molecule has 3 nitrogen and oxygen atoms in total. The molecule has 0 radical (unpaired) electrons. The lowest BCUT2D eigenvalue weighted by Gasteiger charge is -2.12. The minimum Gasteiger partial charge on any atom is -0.493 e. The van der Waals surface area contributed by atoms with E-state index in [-0.39, 0.29) is 0 Å². The monoisotopic (exact) mass is 316 g/mol. The van der Waals surface area contributed by atoms with E-state index in [4.69, 9.17) is 9.72 Å². The number of thiazole rings is 1. The number of fused-ring (bicyclic) bond motifs is 1. The summed E-state index contributed by atoms with van der Waals surface area (Å²) in [5, 5.41) is 4.66. The zero-order valence-electron chi connectivity index (χ0n) is 13.7. The first-order valence-electron chi connectivity index (χ1n) is 8.02. The number of hydrogen-bond acceptors (Lipinski definition) is 4. The highest BCUT2D eigenvalue weighted by molar-refractivity contribution is 7.11. The Morgan fingerprint density at radius 3 is 2.73 bits per heavy atom. The summed E-state index contributed by atoms with van der Waals surface area (Å²) in [4.78, 5) is 6.19. The van der Waals surface area contributed by atoms with Crippen LogP contribution in [-0.4, -0.2) is 18.1 Å². The Morgan fingerprint density at radius 1 is 1.23 bits per heavy atom. The quantitative estimate of drug-likeness (QED) is 0.854. The van der Waals surface area contributed by atoms with Gasteiger partial charge in [-0.15, -0.1) is 11.3 Å². The zero-order valence-corrected chi connectivity index (χ0v) is 14.5. The van der Waals surface area contributed by atoms with Crippen molar-refractivity contribution in [1.29, 1.82) is 0 Å². The van der Waals surface area contributed by atoms with Crippen molar-refractivity contribution in [2.75, 3.05) is 13.2 Å². The number of aromatic nitrogens is 1. The van der Waals surface area contributed by atoms with Crippen molar-refractivity contribution in [2.24, 2.45) is 0 Å². The van der Waals surface area contributed by atoms with E-state index < -0.39 is 0 Å². The summed E-state index contributed by atoms with van der Waals surface area (Å²) < 4.78 is 6.01. The molecule has 2 aromatic rings. The number of nitrogens with one attached hydrogen (secondary N) is 1. The average Bonchev–Trinajstić information content (AvgIpc) is 2.88. The molecule has 0 saturated heterocycles. The lowest BCUT2D eigenvalue weighted by atomic mass is 10.1. The van der Waals surface area contributed by atoms with Crippen molar-refractivity contribution in [3.63, 3.8) is 0 Å². The molecule has 2 heterocycles. The van der Waals surface area contributed by atoms with Crippen LogP contribution in [0.3, 0.4) is 0 Å². The van der Waals surface area contributed by atoms with Crippen molar-refractivity contribution in [1.82, 2.24) is 10.3 Å². The minimum atomic E-state index is 0.757. The van der Waals surface area contributed by atoms with Crippen LogP contribution in [0.4, 0.5) is 0 Å². The number of aryl methyl sites for hydroxylation is 4. The predicted octanol–water partition coefficient (Wildman–Crippen LogP) is 3.73. The number of rotatable bonds is 5. The lowest BCUT2D eigenvalue weighted by molar-refractivity contribution is 0.307. The smallest absolute Gasteiger partial charge is 0.125 e. The third kappa shape index (κ3) is 3.50. The molecule has 0 spiro atoms. The van der Waals surface area contributed by atoms with Crippen LogP contribution in [-0.2, 0) is 19.4 Å². The summed E-state index contributed by atoms with van der Waals surface area (Å²) >= 11 is 1.86. The summed E-state index contributed by atoms with van der Waals surface area (Å²) in [5.74, 6) is 1.05. The zero-order chi connectivity index (χ0) is 15.5. The predicted molar refractivity (Wildman–Crippen MR) is 92.0 cm³/mol. The van der Waals surface area contributed by atoms with Gasteiger partial charge in [0.25, 0.3) is 0 Å². The first-order chi connectivity index (χ1) is 10.6. The molecule has 1 aliphatic rings. The van der Waals surface area contributed by atoms with Crippen LogP contribution in [0, 0.1) is 20.8 Å². The molecular formula is C18H24N2OS.